The summed E-state index contributed by atoms with van der Waals surface area (Å²) in [5.74, 6) is -14.8. The lowest BCUT2D eigenvalue weighted by Crippen LogP contribution is -2.04. The zero-order valence-corrected chi connectivity index (χ0v) is 11.3. The molecule has 0 aliphatic carbocycles. The highest BCUT2D eigenvalue weighted by molar-refractivity contribution is 5.98. The maximum atomic E-state index is 14.1. The van der Waals surface area contributed by atoms with Crippen molar-refractivity contribution in [2.45, 2.75) is 0 Å². The van der Waals surface area contributed by atoms with Crippen LogP contribution in [0.2, 0.25) is 0 Å². The molecule has 0 saturated heterocycles. The topological polar surface area (TPSA) is 0 Å². The molecule has 0 N–H and O–H groups in total. The highest BCUT2D eigenvalue weighted by atomic mass is 19.2. The van der Waals surface area contributed by atoms with Crippen molar-refractivity contribution in [1.82, 2.24) is 0 Å². The molecular weight excluding hydrogens is 344 g/mol. The second-order valence-corrected chi connectivity index (χ2v) is 4.82. The predicted octanol–water partition coefficient (Wildman–Crippen LogP) is 5.62. The molecule has 0 aromatic heterocycles. The molecule has 0 fully saturated rings. The smallest absolute Gasteiger partial charge is 0.195 e. The van der Waals surface area contributed by atoms with Gasteiger partial charge < -0.3 is 0 Å². The molecule has 3 aromatic carbocycles. The second kappa shape index (κ2) is 5.47. The monoisotopic (exact) mass is 348 g/mol. The van der Waals surface area contributed by atoms with Crippen LogP contribution >= 0.6 is 0 Å². The minimum absolute atomic E-state index is 0.397. The molecule has 0 aliphatic rings. The molecule has 3 aromatic rings. The van der Waals surface area contributed by atoms with E-state index in [4.69, 9.17) is 0 Å². The molecule has 0 spiro atoms. The van der Waals surface area contributed by atoms with E-state index in [1.54, 1.807) is 0 Å². The van der Waals surface area contributed by atoms with Gasteiger partial charge in [-0.3, -0.25) is 0 Å². The molecular formula is C16H4F8. The molecule has 8 heteroatoms. The Labute approximate surface area is 128 Å². The van der Waals surface area contributed by atoms with Crippen molar-refractivity contribution in [2.24, 2.45) is 0 Å². The molecule has 0 heterocycles. The molecule has 3 rings (SSSR count). The number of fused-ring (bicyclic) bond motifs is 1. The van der Waals surface area contributed by atoms with Crippen LogP contribution in [-0.4, -0.2) is 0 Å². The fourth-order valence-electron chi connectivity index (χ4n) is 2.41. The van der Waals surface area contributed by atoms with Crippen LogP contribution in [0.15, 0.2) is 24.3 Å². The zero-order valence-electron chi connectivity index (χ0n) is 11.3. The van der Waals surface area contributed by atoms with Gasteiger partial charge in [-0.05, 0) is 23.6 Å². The summed E-state index contributed by atoms with van der Waals surface area (Å²) in [4.78, 5) is 0. The van der Waals surface area contributed by atoms with E-state index in [1.165, 1.54) is 0 Å². The normalized spacial score (nSPS) is 11.3. The van der Waals surface area contributed by atoms with Crippen LogP contribution in [0.5, 0.6) is 0 Å². The third-order valence-corrected chi connectivity index (χ3v) is 3.48. The largest absolute Gasteiger partial charge is 0.206 e. The van der Waals surface area contributed by atoms with E-state index < -0.39 is 68.4 Å². The Morgan fingerprint density at radius 3 is 1.62 bits per heavy atom. The molecule has 0 saturated carbocycles. The van der Waals surface area contributed by atoms with E-state index >= 15 is 0 Å². The van der Waals surface area contributed by atoms with Gasteiger partial charge in [-0.2, -0.15) is 0 Å². The van der Waals surface area contributed by atoms with Gasteiger partial charge in [0.15, 0.2) is 40.7 Å². The lowest BCUT2D eigenvalue weighted by molar-refractivity contribution is 0.448. The van der Waals surface area contributed by atoms with Crippen molar-refractivity contribution in [3.05, 3.63) is 70.8 Å². The van der Waals surface area contributed by atoms with E-state index in [-0.39, 0.29) is 0 Å². The average Bonchev–Trinajstić information content (AvgIpc) is 2.55. The van der Waals surface area contributed by atoms with Crippen LogP contribution in [-0.2, 0) is 0 Å². The van der Waals surface area contributed by atoms with Crippen LogP contribution in [0.3, 0.4) is 0 Å². The molecule has 24 heavy (non-hydrogen) atoms. The van der Waals surface area contributed by atoms with Crippen LogP contribution in [0.4, 0.5) is 35.1 Å². The summed E-state index contributed by atoms with van der Waals surface area (Å²) >= 11 is 0. The second-order valence-electron chi connectivity index (χ2n) is 4.82. The Hall–Kier alpha value is -2.64. The number of benzene rings is 3. The summed E-state index contributed by atoms with van der Waals surface area (Å²) in [6, 6.07) is 1.88. The maximum absolute atomic E-state index is 14.1. The van der Waals surface area contributed by atoms with Gasteiger partial charge in [-0.15, -0.1) is 0 Å². The molecule has 0 amide bonds. The number of rotatable bonds is 1. The van der Waals surface area contributed by atoms with Gasteiger partial charge in [0, 0.05) is 5.56 Å². The highest BCUT2D eigenvalue weighted by Gasteiger charge is 2.28. The minimum atomic E-state index is -2.27. The van der Waals surface area contributed by atoms with Crippen LogP contribution in [0, 0.1) is 46.5 Å². The van der Waals surface area contributed by atoms with E-state index in [0.717, 1.165) is 0 Å². The van der Waals surface area contributed by atoms with Crippen molar-refractivity contribution < 1.29 is 35.1 Å². The van der Waals surface area contributed by atoms with Gasteiger partial charge in [0.2, 0.25) is 0 Å². The Balaban J connectivity index is 2.60. The quantitative estimate of drug-likeness (QED) is 0.304. The van der Waals surface area contributed by atoms with E-state index in [2.05, 4.69) is 0 Å². The summed E-state index contributed by atoms with van der Waals surface area (Å²) in [5.41, 5.74) is -2.61. The first-order valence-corrected chi connectivity index (χ1v) is 6.33. The van der Waals surface area contributed by atoms with Crippen molar-refractivity contribution in [3.8, 4) is 11.1 Å². The fourth-order valence-corrected chi connectivity index (χ4v) is 2.41. The summed E-state index contributed by atoms with van der Waals surface area (Å²) in [6.45, 7) is 0. The Kier molecular flexibility index (Phi) is 3.70. The molecule has 0 unspecified atom stereocenters. The maximum Gasteiger partial charge on any atom is 0.195 e. The van der Waals surface area contributed by atoms with Gasteiger partial charge in [0.1, 0.15) is 5.82 Å². The van der Waals surface area contributed by atoms with Crippen molar-refractivity contribution in [1.29, 1.82) is 0 Å². The summed E-state index contributed by atoms with van der Waals surface area (Å²) in [6.07, 6.45) is 0. The van der Waals surface area contributed by atoms with E-state index in [0.29, 0.717) is 24.3 Å². The third-order valence-electron chi connectivity index (χ3n) is 3.48. The number of halogens is 8. The summed E-state index contributed by atoms with van der Waals surface area (Å²) < 4.78 is 110. The molecule has 124 valence electrons. The predicted molar refractivity (Wildman–Crippen MR) is 69.0 cm³/mol. The first kappa shape index (κ1) is 16.2. The third kappa shape index (κ3) is 2.13. The summed E-state index contributed by atoms with van der Waals surface area (Å²) in [7, 11) is 0. The molecule has 0 radical (unpaired) electrons. The standard InChI is InChI=1S/C16H4F8/c17-6-3-4-8(19)13(21)11(6)9-5-1-2-7(18)12(20)10(5)15(23)16(24)14(9)22/h1-4H. The van der Waals surface area contributed by atoms with Crippen molar-refractivity contribution in [2.75, 3.05) is 0 Å². The average molecular weight is 348 g/mol. The van der Waals surface area contributed by atoms with E-state index in [1.807, 2.05) is 0 Å². The van der Waals surface area contributed by atoms with Gasteiger partial charge in [-0.1, -0.05) is 6.07 Å². The van der Waals surface area contributed by atoms with Crippen LogP contribution in [0.25, 0.3) is 21.9 Å². The zero-order chi connectivity index (χ0) is 17.8. The molecule has 0 atom stereocenters. The Morgan fingerprint density at radius 1 is 0.417 bits per heavy atom. The van der Waals surface area contributed by atoms with Crippen molar-refractivity contribution in [3.63, 3.8) is 0 Å². The molecule has 0 bridgehead atoms. The molecule has 0 nitrogen and oxygen atoms in total. The van der Waals surface area contributed by atoms with Crippen molar-refractivity contribution >= 4 is 10.8 Å². The Morgan fingerprint density at radius 2 is 0.958 bits per heavy atom. The molecule has 0 aliphatic heterocycles. The van der Waals surface area contributed by atoms with Gasteiger partial charge in [0.05, 0.1) is 10.9 Å². The van der Waals surface area contributed by atoms with E-state index in [9.17, 15) is 35.1 Å². The van der Waals surface area contributed by atoms with Crippen LogP contribution < -0.4 is 0 Å². The summed E-state index contributed by atoms with van der Waals surface area (Å²) in [5, 5.41) is -2.19. The fraction of sp³-hybridized carbons (Fsp3) is 0. The first-order valence-electron chi connectivity index (χ1n) is 6.33. The van der Waals surface area contributed by atoms with Gasteiger partial charge >= 0.3 is 0 Å². The van der Waals surface area contributed by atoms with Crippen LogP contribution in [0.1, 0.15) is 0 Å². The lowest BCUT2D eigenvalue weighted by Gasteiger charge is -2.13. The SMILES string of the molecule is Fc1ccc(F)c(-c2c(F)c(F)c(F)c3c(F)c(F)ccc23)c1F. The van der Waals surface area contributed by atoms with Gasteiger partial charge in [-0.25, -0.2) is 35.1 Å². The number of hydrogen-bond acceptors (Lipinski definition) is 0. The highest BCUT2D eigenvalue weighted by Crippen LogP contribution is 2.39. The lowest BCUT2D eigenvalue weighted by atomic mass is 9.95. The van der Waals surface area contributed by atoms with Gasteiger partial charge in [0.25, 0.3) is 0 Å². The first-order chi connectivity index (χ1) is 11.3. The minimum Gasteiger partial charge on any atom is -0.206 e. The Bertz CT molecular complexity index is 994. The number of hydrogen-bond donors (Lipinski definition) is 0.